The topological polar surface area (TPSA) is 44.4 Å². The van der Waals surface area contributed by atoms with Gasteiger partial charge in [-0.1, -0.05) is 17.7 Å². The highest BCUT2D eigenvalue weighted by atomic mass is 35.5. The van der Waals surface area contributed by atoms with Crippen LogP contribution in [0.4, 0.5) is 5.69 Å². The Labute approximate surface area is 131 Å². The summed E-state index contributed by atoms with van der Waals surface area (Å²) in [5, 5.41) is 7.10. The zero-order valence-electron chi connectivity index (χ0n) is 13.0. The van der Waals surface area contributed by atoms with Crippen LogP contribution in [-0.4, -0.2) is 31.1 Å². The average Bonchev–Trinajstić information content (AvgIpc) is 2.61. The van der Waals surface area contributed by atoms with Crippen molar-refractivity contribution < 1.29 is 4.79 Å². The van der Waals surface area contributed by atoms with Crippen LogP contribution >= 0.6 is 11.6 Å². The Kier molecular flexibility index (Phi) is 5.12. The average molecular weight is 310 g/mol. The van der Waals surface area contributed by atoms with E-state index < -0.39 is 0 Å². The van der Waals surface area contributed by atoms with Crippen molar-refractivity contribution >= 4 is 23.2 Å². The van der Waals surface area contributed by atoms with E-state index in [-0.39, 0.29) is 11.4 Å². The number of carbonyl (C=O) groups is 1. The summed E-state index contributed by atoms with van der Waals surface area (Å²) in [6.07, 6.45) is 0.533. The molecule has 0 aliphatic carbocycles. The molecule has 1 aromatic carbocycles. The minimum absolute atomic E-state index is 0.0683. The number of anilines is 1. The zero-order valence-corrected chi connectivity index (χ0v) is 13.8. The number of nitrogens with zero attached hydrogens (tertiary/aromatic N) is 1. The molecule has 0 aromatic heterocycles. The van der Waals surface area contributed by atoms with Gasteiger partial charge in [0.15, 0.2) is 0 Å². The Morgan fingerprint density at radius 2 is 2.10 bits per heavy atom. The molecule has 1 aliphatic rings. The van der Waals surface area contributed by atoms with Gasteiger partial charge < -0.3 is 15.5 Å². The van der Waals surface area contributed by atoms with Crippen LogP contribution in [0.15, 0.2) is 18.2 Å². The minimum Gasteiger partial charge on any atom is -0.369 e. The quantitative estimate of drug-likeness (QED) is 0.902. The number of nitrogens with one attached hydrogen (secondary N) is 2. The van der Waals surface area contributed by atoms with E-state index in [0.717, 1.165) is 35.9 Å². The number of halogens is 1. The standard InChI is InChI=1S/C16H24ClN3O/c1-16(2,3)19-11-12-4-5-13(10-14(12)17)20-8-6-15(21)18-7-9-20/h4-5,10,19H,6-9,11H2,1-3H3,(H,18,21). The lowest BCUT2D eigenvalue weighted by Crippen LogP contribution is -2.35. The lowest BCUT2D eigenvalue weighted by molar-refractivity contribution is -0.120. The van der Waals surface area contributed by atoms with Crippen molar-refractivity contribution in [1.82, 2.24) is 10.6 Å². The molecule has 2 N–H and O–H groups in total. The van der Waals surface area contributed by atoms with Crippen LogP contribution < -0.4 is 15.5 Å². The molecule has 0 spiro atoms. The maximum absolute atomic E-state index is 11.4. The van der Waals surface area contributed by atoms with E-state index in [1.165, 1.54) is 0 Å². The molecule has 0 unspecified atom stereocenters. The van der Waals surface area contributed by atoms with E-state index in [2.05, 4.69) is 48.4 Å². The first kappa shape index (κ1) is 16.1. The molecule has 0 atom stereocenters. The van der Waals surface area contributed by atoms with Gasteiger partial charge in [0.05, 0.1) is 0 Å². The maximum Gasteiger partial charge on any atom is 0.221 e. The third-order valence-corrected chi connectivity index (χ3v) is 3.88. The van der Waals surface area contributed by atoms with Crippen molar-refractivity contribution in [3.05, 3.63) is 28.8 Å². The van der Waals surface area contributed by atoms with Crippen LogP contribution in [0.25, 0.3) is 0 Å². The van der Waals surface area contributed by atoms with Gasteiger partial charge in [0.2, 0.25) is 5.91 Å². The fraction of sp³-hybridized carbons (Fsp3) is 0.562. The summed E-state index contributed by atoms with van der Waals surface area (Å²) in [6.45, 7) is 9.40. The highest BCUT2D eigenvalue weighted by Gasteiger charge is 2.15. The van der Waals surface area contributed by atoms with Gasteiger partial charge in [-0.3, -0.25) is 4.79 Å². The van der Waals surface area contributed by atoms with Gasteiger partial charge in [0, 0.05) is 48.8 Å². The van der Waals surface area contributed by atoms with Crippen LogP contribution in [0.2, 0.25) is 5.02 Å². The smallest absolute Gasteiger partial charge is 0.221 e. The molecule has 0 saturated carbocycles. The summed E-state index contributed by atoms with van der Waals surface area (Å²) >= 11 is 6.40. The second-order valence-electron chi connectivity index (χ2n) is 6.47. The lowest BCUT2D eigenvalue weighted by Gasteiger charge is -2.24. The SMILES string of the molecule is CC(C)(C)NCc1ccc(N2CCNC(=O)CC2)cc1Cl. The monoisotopic (exact) mass is 309 g/mol. The predicted molar refractivity (Wildman–Crippen MR) is 87.9 cm³/mol. The molecule has 1 amide bonds. The van der Waals surface area contributed by atoms with Crippen molar-refractivity contribution in [3.63, 3.8) is 0 Å². The van der Waals surface area contributed by atoms with E-state index in [1.54, 1.807) is 0 Å². The molecule has 1 fully saturated rings. The molecule has 116 valence electrons. The Bertz CT molecular complexity index is 511. The van der Waals surface area contributed by atoms with E-state index in [1.807, 2.05) is 6.07 Å². The second-order valence-corrected chi connectivity index (χ2v) is 6.87. The first-order chi connectivity index (χ1) is 9.85. The summed E-state index contributed by atoms with van der Waals surface area (Å²) in [6, 6.07) is 6.15. The van der Waals surface area contributed by atoms with Gasteiger partial charge >= 0.3 is 0 Å². The first-order valence-electron chi connectivity index (χ1n) is 7.40. The Hall–Kier alpha value is -1.26. The molecule has 4 nitrogen and oxygen atoms in total. The van der Waals surface area contributed by atoms with Crippen molar-refractivity contribution in [2.24, 2.45) is 0 Å². The number of hydrogen-bond donors (Lipinski definition) is 2. The largest absolute Gasteiger partial charge is 0.369 e. The van der Waals surface area contributed by atoms with Crippen molar-refractivity contribution in [3.8, 4) is 0 Å². The summed E-state index contributed by atoms with van der Waals surface area (Å²) in [5.74, 6) is 0.120. The molecule has 5 heteroatoms. The van der Waals surface area contributed by atoms with E-state index >= 15 is 0 Å². The van der Waals surface area contributed by atoms with Gasteiger partial charge in [0.1, 0.15) is 0 Å². The third-order valence-electron chi connectivity index (χ3n) is 3.52. The van der Waals surface area contributed by atoms with Crippen LogP contribution in [0.1, 0.15) is 32.8 Å². The Morgan fingerprint density at radius 1 is 1.33 bits per heavy atom. The number of carbonyl (C=O) groups excluding carboxylic acids is 1. The molecule has 21 heavy (non-hydrogen) atoms. The van der Waals surface area contributed by atoms with Crippen molar-refractivity contribution in [2.75, 3.05) is 24.5 Å². The Morgan fingerprint density at radius 3 is 2.76 bits per heavy atom. The second kappa shape index (κ2) is 6.67. The van der Waals surface area contributed by atoms with Gasteiger partial charge in [-0.05, 0) is 38.5 Å². The van der Waals surface area contributed by atoms with Crippen LogP contribution in [0.3, 0.4) is 0 Å². The fourth-order valence-corrected chi connectivity index (χ4v) is 2.50. The molecular formula is C16H24ClN3O. The fourth-order valence-electron chi connectivity index (χ4n) is 2.26. The molecule has 0 bridgehead atoms. The summed E-state index contributed by atoms with van der Waals surface area (Å²) in [5.41, 5.74) is 2.24. The van der Waals surface area contributed by atoms with Crippen LogP contribution in [0.5, 0.6) is 0 Å². The predicted octanol–water partition coefficient (Wildman–Crippen LogP) is 2.55. The van der Waals surface area contributed by atoms with E-state index in [9.17, 15) is 4.79 Å². The first-order valence-corrected chi connectivity index (χ1v) is 7.78. The summed E-state index contributed by atoms with van der Waals surface area (Å²) in [7, 11) is 0. The molecule has 1 aliphatic heterocycles. The van der Waals surface area contributed by atoms with Gasteiger partial charge in [-0.15, -0.1) is 0 Å². The minimum atomic E-state index is 0.0683. The Balaban J connectivity index is 2.06. The molecular weight excluding hydrogens is 286 g/mol. The van der Waals surface area contributed by atoms with Crippen molar-refractivity contribution in [2.45, 2.75) is 39.3 Å². The van der Waals surface area contributed by atoms with E-state index in [4.69, 9.17) is 11.6 Å². The molecule has 2 rings (SSSR count). The number of amides is 1. The summed E-state index contributed by atoms with van der Waals surface area (Å²) < 4.78 is 0. The highest BCUT2D eigenvalue weighted by molar-refractivity contribution is 6.31. The molecule has 1 heterocycles. The van der Waals surface area contributed by atoms with Crippen molar-refractivity contribution in [1.29, 1.82) is 0 Å². The highest BCUT2D eigenvalue weighted by Crippen LogP contribution is 2.24. The zero-order chi connectivity index (χ0) is 15.5. The van der Waals surface area contributed by atoms with E-state index in [0.29, 0.717) is 13.0 Å². The molecule has 0 radical (unpaired) electrons. The third kappa shape index (κ3) is 4.90. The van der Waals surface area contributed by atoms with Gasteiger partial charge in [-0.25, -0.2) is 0 Å². The lowest BCUT2D eigenvalue weighted by atomic mass is 10.1. The van der Waals surface area contributed by atoms with Crippen LogP contribution in [0, 0.1) is 0 Å². The van der Waals surface area contributed by atoms with Gasteiger partial charge in [-0.2, -0.15) is 0 Å². The maximum atomic E-state index is 11.4. The summed E-state index contributed by atoms with van der Waals surface area (Å²) in [4.78, 5) is 13.6. The molecule has 1 aromatic rings. The van der Waals surface area contributed by atoms with Gasteiger partial charge in [0.25, 0.3) is 0 Å². The number of benzene rings is 1. The molecule has 1 saturated heterocycles. The normalized spacial score (nSPS) is 16.6. The number of rotatable bonds is 3. The van der Waals surface area contributed by atoms with Crippen LogP contribution in [-0.2, 0) is 11.3 Å². The number of hydrogen-bond acceptors (Lipinski definition) is 3.